The highest BCUT2D eigenvalue weighted by molar-refractivity contribution is 5.96. The number of hydrogen-bond acceptors (Lipinski definition) is 1. The number of rotatable bonds is 3. The zero-order chi connectivity index (χ0) is 13.9. The van der Waals surface area contributed by atoms with Crippen LogP contribution >= 0.6 is 0 Å². The van der Waals surface area contributed by atoms with Gasteiger partial charge in [0.15, 0.2) is 0 Å². The molecule has 0 saturated heterocycles. The Hall–Kier alpha value is -2.55. The predicted molar refractivity (Wildman–Crippen MR) is 81.8 cm³/mol. The molecule has 0 saturated carbocycles. The van der Waals surface area contributed by atoms with E-state index in [9.17, 15) is 4.79 Å². The van der Waals surface area contributed by atoms with Gasteiger partial charge in [0.2, 0.25) is 5.91 Å². The minimum absolute atomic E-state index is 0.000327. The Morgan fingerprint density at radius 2 is 1.90 bits per heavy atom. The van der Waals surface area contributed by atoms with E-state index in [0.717, 1.165) is 22.2 Å². The van der Waals surface area contributed by atoms with Crippen molar-refractivity contribution in [2.45, 2.75) is 13.3 Å². The zero-order valence-corrected chi connectivity index (χ0v) is 11.3. The topological polar surface area (TPSA) is 44.9 Å². The van der Waals surface area contributed by atoms with Gasteiger partial charge in [-0.25, -0.2) is 0 Å². The molecule has 0 fully saturated rings. The Labute approximate surface area is 117 Å². The zero-order valence-electron chi connectivity index (χ0n) is 11.3. The van der Waals surface area contributed by atoms with E-state index in [-0.39, 0.29) is 5.91 Å². The normalized spacial score (nSPS) is 10.7. The van der Waals surface area contributed by atoms with Crippen LogP contribution in [0, 0.1) is 6.92 Å². The van der Waals surface area contributed by atoms with Gasteiger partial charge in [0, 0.05) is 22.8 Å². The Morgan fingerprint density at radius 1 is 1.10 bits per heavy atom. The molecule has 100 valence electrons. The molecule has 0 bridgehead atoms. The van der Waals surface area contributed by atoms with E-state index in [4.69, 9.17) is 0 Å². The van der Waals surface area contributed by atoms with Crippen LogP contribution in [0.2, 0.25) is 0 Å². The molecule has 1 aromatic heterocycles. The Kier molecular flexibility index (Phi) is 3.25. The number of fused-ring (bicyclic) bond motifs is 1. The van der Waals surface area contributed by atoms with Gasteiger partial charge in [-0.3, -0.25) is 4.79 Å². The smallest absolute Gasteiger partial charge is 0.228 e. The van der Waals surface area contributed by atoms with Crippen LogP contribution in [0.3, 0.4) is 0 Å². The lowest BCUT2D eigenvalue weighted by Gasteiger charge is -2.05. The number of benzene rings is 2. The molecular formula is C17H16N2O. The largest absolute Gasteiger partial charge is 0.361 e. The quantitative estimate of drug-likeness (QED) is 0.745. The summed E-state index contributed by atoms with van der Waals surface area (Å²) < 4.78 is 0. The summed E-state index contributed by atoms with van der Waals surface area (Å²) in [6, 6.07) is 15.6. The molecule has 1 amide bonds. The number of carbonyl (C=O) groups is 1. The standard InChI is InChI=1S/C17H16N2O/c1-12-6-5-9-15-17(12)13(11-18-15)10-16(20)19-14-7-3-2-4-8-14/h2-9,11,18H,10H2,1H3,(H,19,20). The number of H-pyrrole nitrogens is 1. The monoisotopic (exact) mass is 264 g/mol. The highest BCUT2D eigenvalue weighted by atomic mass is 16.1. The maximum absolute atomic E-state index is 12.1. The first kappa shape index (κ1) is 12.5. The summed E-state index contributed by atoms with van der Waals surface area (Å²) in [5.41, 5.74) is 4.12. The molecule has 0 spiro atoms. The molecule has 1 heterocycles. The Balaban J connectivity index is 1.81. The third-order valence-corrected chi connectivity index (χ3v) is 3.40. The van der Waals surface area contributed by atoms with Crippen LogP contribution in [-0.2, 0) is 11.2 Å². The lowest BCUT2D eigenvalue weighted by molar-refractivity contribution is -0.115. The highest BCUT2D eigenvalue weighted by Gasteiger charge is 2.10. The number of amides is 1. The van der Waals surface area contributed by atoms with Gasteiger partial charge in [-0.1, -0.05) is 30.3 Å². The number of aryl methyl sites for hydroxylation is 1. The lowest BCUT2D eigenvalue weighted by atomic mass is 10.1. The molecule has 2 N–H and O–H groups in total. The van der Waals surface area contributed by atoms with Gasteiger partial charge in [-0.05, 0) is 36.2 Å². The van der Waals surface area contributed by atoms with Crippen LogP contribution in [0.25, 0.3) is 10.9 Å². The van der Waals surface area contributed by atoms with Crippen molar-refractivity contribution < 1.29 is 4.79 Å². The molecule has 2 aromatic carbocycles. The average molecular weight is 264 g/mol. The summed E-state index contributed by atoms with van der Waals surface area (Å²) in [5, 5.41) is 4.06. The minimum Gasteiger partial charge on any atom is -0.361 e. The molecule has 3 heteroatoms. The Bertz CT molecular complexity index is 744. The molecule has 0 unspecified atom stereocenters. The van der Waals surface area contributed by atoms with Crippen molar-refractivity contribution in [2.75, 3.05) is 5.32 Å². The van der Waals surface area contributed by atoms with Crippen molar-refractivity contribution >= 4 is 22.5 Å². The fourth-order valence-electron chi connectivity index (χ4n) is 2.49. The first-order valence-corrected chi connectivity index (χ1v) is 6.64. The van der Waals surface area contributed by atoms with Crippen LogP contribution in [0.15, 0.2) is 54.7 Å². The number of anilines is 1. The van der Waals surface area contributed by atoms with E-state index in [1.165, 1.54) is 5.56 Å². The van der Waals surface area contributed by atoms with E-state index < -0.39 is 0 Å². The van der Waals surface area contributed by atoms with Crippen molar-refractivity contribution in [2.24, 2.45) is 0 Å². The summed E-state index contributed by atoms with van der Waals surface area (Å²) in [6.07, 6.45) is 2.29. The second-order valence-corrected chi connectivity index (χ2v) is 4.90. The Morgan fingerprint density at radius 3 is 2.70 bits per heavy atom. The number of aromatic amines is 1. The minimum atomic E-state index is 0.000327. The van der Waals surface area contributed by atoms with Gasteiger partial charge in [0.25, 0.3) is 0 Å². The van der Waals surface area contributed by atoms with Crippen LogP contribution in [-0.4, -0.2) is 10.9 Å². The van der Waals surface area contributed by atoms with Crippen molar-refractivity contribution in [1.29, 1.82) is 0 Å². The first-order valence-electron chi connectivity index (χ1n) is 6.64. The third kappa shape index (κ3) is 2.43. The van der Waals surface area contributed by atoms with Crippen molar-refractivity contribution in [3.8, 4) is 0 Å². The second kappa shape index (κ2) is 5.21. The van der Waals surface area contributed by atoms with E-state index in [2.05, 4.69) is 23.3 Å². The summed E-state index contributed by atoms with van der Waals surface area (Å²) in [6.45, 7) is 2.06. The van der Waals surface area contributed by atoms with E-state index in [1.54, 1.807) is 0 Å². The molecular weight excluding hydrogens is 248 g/mol. The van der Waals surface area contributed by atoms with Crippen LogP contribution in [0.4, 0.5) is 5.69 Å². The molecule has 0 aliphatic carbocycles. The summed E-state index contributed by atoms with van der Waals surface area (Å²) in [5.74, 6) is 0.000327. The molecule has 0 atom stereocenters. The van der Waals surface area contributed by atoms with Gasteiger partial charge >= 0.3 is 0 Å². The van der Waals surface area contributed by atoms with Gasteiger partial charge in [-0.15, -0.1) is 0 Å². The van der Waals surface area contributed by atoms with Gasteiger partial charge < -0.3 is 10.3 Å². The van der Waals surface area contributed by atoms with E-state index in [0.29, 0.717) is 6.42 Å². The second-order valence-electron chi connectivity index (χ2n) is 4.90. The first-order chi connectivity index (χ1) is 9.74. The summed E-state index contributed by atoms with van der Waals surface area (Å²) in [4.78, 5) is 15.3. The molecule has 20 heavy (non-hydrogen) atoms. The maximum atomic E-state index is 12.1. The van der Waals surface area contributed by atoms with Crippen LogP contribution in [0.1, 0.15) is 11.1 Å². The number of para-hydroxylation sites is 1. The van der Waals surface area contributed by atoms with Gasteiger partial charge in [-0.2, -0.15) is 0 Å². The SMILES string of the molecule is Cc1cccc2[nH]cc(CC(=O)Nc3ccccc3)c12. The third-order valence-electron chi connectivity index (χ3n) is 3.40. The molecule has 0 radical (unpaired) electrons. The van der Waals surface area contributed by atoms with Gasteiger partial charge in [0.1, 0.15) is 0 Å². The fraction of sp³-hybridized carbons (Fsp3) is 0.118. The highest BCUT2D eigenvalue weighted by Crippen LogP contribution is 2.22. The predicted octanol–water partition coefficient (Wildman–Crippen LogP) is 3.66. The van der Waals surface area contributed by atoms with Crippen LogP contribution < -0.4 is 5.32 Å². The van der Waals surface area contributed by atoms with Crippen molar-refractivity contribution in [3.63, 3.8) is 0 Å². The molecule has 3 nitrogen and oxygen atoms in total. The average Bonchev–Trinajstić information content (AvgIpc) is 2.84. The molecule has 0 aliphatic heterocycles. The number of aromatic nitrogens is 1. The fourth-order valence-corrected chi connectivity index (χ4v) is 2.49. The summed E-state index contributed by atoms with van der Waals surface area (Å²) in [7, 11) is 0. The van der Waals surface area contributed by atoms with Gasteiger partial charge in [0.05, 0.1) is 6.42 Å². The number of nitrogens with one attached hydrogen (secondary N) is 2. The molecule has 0 aliphatic rings. The summed E-state index contributed by atoms with van der Waals surface area (Å²) >= 11 is 0. The number of hydrogen-bond donors (Lipinski definition) is 2. The van der Waals surface area contributed by atoms with Crippen molar-refractivity contribution in [3.05, 3.63) is 65.9 Å². The van der Waals surface area contributed by atoms with E-state index in [1.807, 2.05) is 48.7 Å². The van der Waals surface area contributed by atoms with E-state index >= 15 is 0 Å². The van der Waals surface area contributed by atoms with Crippen molar-refractivity contribution in [1.82, 2.24) is 4.98 Å². The maximum Gasteiger partial charge on any atom is 0.228 e. The van der Waals surface area contributed by atoms with Crippen LogP contribution in [0.5, 0.6) is 0 Å². The molecule has 3 rings (SSSR count). The molecule has 3 aromatic rings. The lowest BCUT2D eigenvalue weighted by Crippen LogP contribution is -2.14. The number of carbonyl (C=O) groups excluding carboxylic acids is 1.